The highest BCUT2D eigenvalue weighted by Gasteiger charge is 2.18. The van der Waals surface area contributed by atoms with E-state index in [0.29, 0.717) is 0 Å². The number of esters is 1. The predicted molar refractivity (Wildman–Crippen MR) is 66.9 cm³/mol. The van der Waals surface area contributed by atoms with Gasteiger partial charge in [0.1, 0.15) is 35.2 Å². The van der Waals surface area contributed by atoms with Crippen LogP contribution in [-0.4, -0.2) is 18.2 Å². The molecule has 0 unspecified atom stereocenters. The minimum Gasteiger partial charge on any atom is -0.507 e. The zero-order valence-electron chi connectivity index (χ0n) is 10.3. The molecule has 0 aliphatic carbocycles. The van der Waals surface area contributed by atoms with Gasteiger partial charge in [-0.25, -0.2) is 4.79 Å². The summed E-state index contributed by atoms with van der Waals surface area (Å²) in [6.07, 6.45) is 0. The van der Waals surface area contributed by atoms with Gasteiger partial charge in [-0.2, -0.15) is 15.8 Å². The number of carbonyl (C=O) groups excluding carboxylic acids is 1. The van der Waals surface area contributed by atoms with E-state index in [9.17, 15) is 9.90 Å². The lowest BCUT2D eigenvalue weighted by atomic mass is 10.1. The summed E-state index contributed by atoms with van der Waals surface area (Å²) in [5.74, 6) is -1.17. The molecule has 0 spiro atoms. The second kappa shape index (κ2) is 6.44. The van der Waals surface area contributed by atoms with Gasteiger partial charge in [-0.05, 0) is 12.1 Å². The van der Waals surface area contributed by atoms with Crippen molar-refractivity contribution in [1.82, 2.24) is 0 Å². The van der Waals surface area contributed by atoms with Crippen LogP contribution >= 0.6 is 0 Å². The summed E-state index contributed by atoms with van der Waals surface area (Å²) in [7, 11) is 1.13. The van der Waals surface area contributed by atoms with Crippen LogP contribution < -0.4 is 5.32 Å². The molecule has 1 rings (SSSR count). The number of ether oxygens (including phenoxy) is 1. The summed E-state index contributed by atoms with van der Waals surface area (Å²) < 4.78 is 4.52. The summed E-state index contributed by atoms with van der Waals surface area (Å²) >= 11 is 0. The van der Waals surface area contributed by atoms with Crippen molar-refractivity contribution < 1.29 is 14.6 Å². The van der Waals surface area contributed by atoms with E-state index in [4.69, 9.17) is 15.8 Å². The highest BCUT2D eigenvalue weighted by molar-refractivity contribution is 5.99. The molecule has 0 aliphatic heterocycles. The van der Waals surface area contributed by atoms with Crippen molar-refractivity contribution in [3.05, 3.63) is 35.0 Å². The number of methoxy groups -OCH3 is 1. The number of hydrogen-bond acceptors (Lipinski definition) is 7. The number of benzene rings is 1. The summed E-state index contributed by atoms with van der Waals surface area (Å²) in [6, 6.07) is 8.85. The SMILES string of the molecule is COC(=O)c1c(O)cccc1NC(C#N)=C(C#N)C#N. The second-order valence-electron chi connectivity index (χ2n) is 3.40. The van der Waals surface area contributed by atoms with Crippen molar-refractivity contribution in [2.24, 2.45) is 0 Å². The van der Waals surface area contributed by atoms with Gasteiger partial charge in [0.05, 0.1) is 12.8 Å². The number of phenolic OH excluding ortho intramolecular Hbond substituents is 1. The number of nitriles is 3. The zero-order chi connectivity index (χ0) is 15.1. The summed E-state index contributed by atoms with van der Waals surface area (Å²) in [4.78, 5) is 11.6. The third kappa shape index (κ3) is 2.84. The first-order valence-corrected chi connectivity index (χ1v) is 5.20. The van der Waals surface area contributed by atoms with Crippen molar-refractivity contribution in [2.75, 3.05) is 12.4 Å². The molecule has 0 radical (unpaired) electrons. The number of nitrogens with one attached hydrogen (secondary N) is 1. The highest BCUT2D eigenvalue weighted by Crippen LogP contribution is 2.27. The van der Waals surface area contributed by atoms with Crippen LogP contribution in [0.4, 0.5) is 5.69 Å². The van der Waals surface area contributed by atoms with Gasteiger partial charge in [0, 0.05) is 0 Å². The molecule has 0 aliphatic rings. The molecule has 7 nitrogen and oxygen atoms in total. The first-order chi connectivity index (χ1) is 9.58. The number of nitrogens with zero attached hydrogens (tertiary/aromatic N) is 3. The average molecular weight is 268 g/mol. The van der Waals surface area contributed by atoms with Crippen LogP contribution in [0.25, 0.3) is 0 Å². The Hall–Kier alpha value is -3.50. The molecule has 0 aromatic heterocycles. The summed E-state index contributed by atoms with van der Waals surface area (Å²) in [5, 5.41) is 38.5. The molecule has 98 valence electrons. The lowest BCUT2D eigenvalue weighted by Gasteiger charge is -2.11. The Balaban J connectivity index is 3.38. The molecule has 2 N–H and O–H groups in total. The topological polar surface area (TPSA) is 130 Å². The van der Waals surface area contributed by atoms with E-state index in [1.807, 2.05) is 0 Å². The second-order valence-corrected chi connectivity index (χ2v) is 3.40. The Morgan fingerprint density at radius 2 is 1.90 bits per heavy atom. The fourth-order valence-electron chi connectivity index (χ4n) is 1.38. The van der Waals surface area contributed by atoms with Crippen molar-refractivity contribution in [1.29, 1.82) is 15.8 Å². The van der Waals surface area contributed by atoms with Gasteiger partial charge in [-0.15, -0.1) is 0 Å². The van der Waals surface area contributed by atoms with Crippen LogP contribution in [0.3, 0.4) is 0 Å². The maximum absolute atomic E-state index is 11.6. The Morgan fingerprint density at radius 3 is 2.40 bits per heavy atom. The van der Waals surface area contributed by atoms with Crippen molar-refractivity contribution in [3.63, 3.8) is 0 Å². The molecule has 0 bridgehead atoms. The number of aromatic hydroxyl groups is 1. The summed E-state index contributed by atoms with van der Waals surface area (Å²) in [6.45, 7) is 0. The van der Waals surface area contributed by atoms with E-state index in [2.05, 4.69) is 10.1 Å². The van der Waals surface area contributed by atoms with Gasteiger partial charge in [0.15, 0.2) is 5.57 Å². The van der Waals surface area contributed by atoms with Crippen LogP contribution in [0.5, 0.6) is 5.75 Å². The molecular formula is C13H8N4O3. The first kappa shape index (κ1) is 14.6. The maximum atomic E-state index is 11.6. The standard InChI is InChI=1S/C13H8N4O3/c1-20-13(19)12-9(3-2-4-11(12)18)17-10(7-16)8(5-14)6-15/h2-4,17-18H,1H3. The van der Waals surface area contributed by atoms with E-state index in [0.717, 1.165) is 7.11 Å². The maximum Gasteiger partial charge on any atom is 0.343 e. The molecule has 1 aromatic carbocycles. The van der Waals surface area contributed by atoms with Gasteiger partial charge >= 0.3 is 5.97 Å². The minimum atomic E-state index is -0.821. The molecule has 0 heterocycles. The number of carbonyl (C=O) groups is 1. The lowest BCUT2D eigenvalue weighted by molar-refractivity contribution is 0.0598. The molecule has 7 heteroatoms. The fourth-order valence-corrected chi connectivity index (χ4v) is 1.38. The molecule has 1 aromatic rings. The third-order valence-electron chi connectivity index (χ3n) is 2.28. The van der Waals surface area contributed by atoms with Crippen LogP contribution in [0.1, 0.15) is 10.4 Å². The molecule has 0 saturated carbocycles. The highest BCUT2D eigenvalue weighted by atomic mass is 16.5. The molecule has 0 fully saturated rings. The Morgan fingerprint density at radius 1 is 1.25 bits per heavy atom. The van der Waals surface area contributed by atoms with E-state index < -0.39 is 11.5 Å². The Kier molecular flexibility index (Phi) is 4.69. The predicted octanol–water partition coefficient (Wildman–Crippen LogP) is 1.42. The van der Waals surface area contributed by atoms with E-state index in [1.54, 1.807) is 18.2 Å². The van der Waals surface area contributed by atoms with Gasteiger partial charge in [0.25, 0.3) is 0 Å². The number of anilines is 1. The van der Waals surface area contributed by atoms with E-state index in [-0.39, 0.29) is 22.7 Å². The zero-order valence-corrected chi connectivity index (χ0v) is 10.3. The first-order valence-electron chi connectivity index (χ1n) is 5.20. The van der Waals surface area contributed by atoms with Gasteiger partial charge in [-0.3, -0.25) is 0 Å². The van der Waals surface area contributed by atoms with Gasteiger partial charge < -0.3 is 15.2 Å². The van der Waals surface area contributed by atoms with Gasteiger partial charge in [-0.1, -0.05) is 6.07 Å². The van der Waals surface area contributed by atoms with Crippen LogP contribution in [-0.2, 0) is 4.74 Å². The monoisotopic (exact) mass is 268 g/mol. The van der Waals surface area contributed by atoms with Gasteiger partial charge in [0.2, 0.25) is 0 Å². The van der Waals surface area contributed by atoms with Crippen molar-refractivity contribution >= 4 is 11.7 Å². The normalized spacial score (nSPS) is 8.50. The fraction of sp³-hybridized carbons (Fsp3) is 0.0769. The van der Waals surface area contributed by atoms with E-state index in [1.165, 1.54) is 18.2 Å². The Bertz CT molecular complexity index is 686. The number of allylic oxidation sites excluding steroid dienone is 2. The molecular weight excluding hydrogens is 260 g/mol. The summed E-state index contributed by atoms with van der Waals surface area (Å²) in [5.41, 5.74) is -0.910. The molecule has 20 heavy (non-hydrogen) atoms. The molecule has 0 amide bonds. The smallest absolute Gasteiger partial charge is 0.343 e. The Labute approximate surface area is 114 Å². The molecule has 0 saturated heterocycles. The molecule has 0 atom stereocenters. The van der Waals surface area contributed by atoms with Crippen LogP contribution in [0, 0.1) is 34.0 Å². The number of hydrogen-bond donors (Lipinski definition) is 2. The minimum absolute atomic E-state index is 0.0522. The lowest BCUT2D eigenvalue weighted by Crippen LogP contribution is -2.09. The van der Waals surface area contributed by atoms with E-state index >= 15 is 0 Å². The number of phenols is 1. The largest absolute Gasteiger partial charge is 0.507 e. The quantitative estimate of drug-likeness (QED) is 0.626. The van der Waals surface area contributed by atoms with Crippen LogP contribution in [0.15, 0.2) is 29.5 Å². The third-order valence-corrected chi connectivity index (χ3v) is 2.28. The average Bonchev–Trinajstić information content (AvgIpc) is 2.46. The van der Waals surface area contributed by atoms with Crippen molar-refractivity contribution in [2.45, 2.75) is 0 Å². The van der Waals surface area contributed by atoms with Crippen LogP contribution in [0.2, 0.25) is 0 Å². The van der Waals surface area contributed by atoms with Crippen molar-refractivity contribution in [3.8, 4) is 24.0 Å². The number of rotatable bonds is 3.